The fourth-order valence-electron chi connectivity index (χ4n) is 2.26. The zero-order valence-corrected chi connectivity index (χ0v) is 16.7. The van der Waals surface area contributed by atoms with E-state index in [0.29, 0.717) is 4.90 Å². The Labute approximate surface area is 151 Å². The first kappa shape index (κ1) is 19.7. The van der Waals surface area contributed by atoms with Crippen molar-refractivity contribution in [2.45, 2.75) is 37.5 Å². The molecule has 0 heterocycles. The summed E-state index contributed by atoms with van der Waals surface area (Å²) in [5, 5.41) is 0. The molecule has 25 heavy (non-hydrogen) atoms. The molecule has 1 unspecified atom stereocenters. The van der Waals surface area contributed by atoms with Gasteiger partial charge in [0.2, 0.25) is 0 Å². The molecular weight excluding hydrogens is 354 g/mol. The molecule has 0 aliphatic rings. The van der Waals surface area contributed by atoms with E-state index in [1.54, 1.807) is 36.4 Å². The second kappa shape index (κ2) is 7.70. The van der Waals surface area contributed by atoms with E-state index < -0.39 is 19.8 Å². The van der Waals surface area contributed by atoms with Crippen LogP contribution in [-0.4, -0.2) is 18.4 Å². The van der Waals surface area contributed by atoms with Gasteiger partial charge in [-0.2, -0.15) is 8.42 Å². The van der Waals surface area contributed by atoms with Crippen LogP contribution in [0.3, 0.4) is 0 Å². The maximum Gasteiger partial charge on any atom is 0.290 e. The number of aryl methyl sites for hydroxylation is 1. The van der Waals surface area contributed by atoms with E-state index in [2.05, 4.69) is 3.77 Å². The Bertz CT molecular complexity index is 924. The highest BCUT2D eigenvalue weighted by Gasteiger charge is 2.24. The number of hydrogen-bond donors (Lipinski definition) is 0. The van der Waals surface area contributed by atoms with Crippen molar-refractivity contribution in [3.63, 3.8) is 0 Å². The van der Waals surface area contributed by atoms with Crippen LogP contribution in [-0.2, 0) is 19.8 Å². The summed E-state index contributed by atoms with van der Waals surface area (Å²) in [5.41, 5.74) is 0.955. The molecule has 0 N–H and O–H groups in total. The van der Waals surface area contributed by atoms with Crippen LogP contribution in [0.15, 0.2) is 68.2 Å². The summed E-state index contributed by atoms with van der Waals surface area (Å²) in [7, 11) is -7.10. The molecule has 0 fully saturated rings. The topological polar surface area (TPSA) is 63.6 Å². The van der Waals surface area contributed by atoms with Crippen LogP contribution in [0, 0.1) is 18.8 Å². The Morgan fingerprint density at radius 1 is 0.840 bits per heavy atom. The summed E-state index contributed by atoms with van der Waals surface area (Å²) in [6, 6.07) is 15.1. The molecule has 0 saturated carbocycles. The molecule has 2 aromatic carbocycles. The van der Waals surface area contributed by atoms with Crippen molar-refractivity contribution in [2.75, 3.05) is 5.75 Å². The zero-order chi connectivity index (χ0) is 18.7. The van der Waals surface area contributed by atoms with Gasteiger partial charge >= 0.3 is 0 Å². The zero-order valence-electron chi connectivity index (χ0n) is 15.0. The third kappa shape index (κ3) is 4.92. The lowest BCUT2D eigenvalue weighted by Crippen LogP contribution is -2.19. The molecule has 0 saturated heterocycles. The summed E-state index contributed by atoms with van der Waals surface area (Å²) in [4.78, 5) is 0.525. The molecule has 0 amide bonds. The standard InChI is InChI=1S/C19H25NO3S2/c1-15(2)17(4)14-24(21,18-8-6-5-7-9-18)20-25(22,23)19-12-10-16(3)11-13-19/h5-13,15,17H,14H2,1-4H3/t17-,24?/m1/s1. The van der Waals surface area contributed by atoms with E-state index in [-0.39, 0.29) is 22.5 Å². The van der Waals surface area contributed by atoms with Crippen molar-refractivity contribution in [3.8, 4) is 0 Å². The highest BCUT2D eigenvalue weighted by Crippen LogP contribution is 2.24. The Kier molecular flexibility index (Phi) is 6.06. The van der Waals surface area contributed by atoms with Crippen LogP contribution in [0.25, 0.3) is 0 Å². The van der Waals surface area contributed by atoms with E-state index in [1.807, 2.05) is 33.8 Å². The van der Waals surface area contributed by atoms with E-state index in [0.717, 1.165) is 5.56 Å². The third-order valence-corrected chi connectivity index (χ3v) is 8.88. The quantitative estimate of drug-likeness (QED) is 0.742. The van der Waals surface area contributed by atoms with Gasteiger partial charge in [0, 0.05) is 10.6 Å². The molecule has 0 aliphatic heterocycles. The van der Waals surface area contributed by atoms with E-state index in [4.69, 9.17) is 0 Å². The van der Waals surface area contributed by atoms with Gasteiger partial charge in [-0.15, -0.1) is 3.77 Å². The number of sulfonamides is 1. The average molecular weight is 380 g/mol. The van der Waals surface area contributed by atoms with Crippen molar-refractivity contribution in [1.82, 2.24) is 0 Å². The van der Waals surface area contributed by atoms with Gasteiger partial charge in [-0.25, -0.2) is 4.21 Å². The molecule has 0 spiro atoms. The fourth-order valence-corrected chi connectivity index (χ4v) is 6.82. The smallest absolute Gasteiger partial charge is 0.244 e. The van der Waals surface area contributed by atoms with Gasteiger partial charge in [0.15, 0.2) is 0 Å². The third-order valence-electron chi connectivity index (χ3n) is 4.28. The Hall–Kier alpha value is -1.66. The van der Waals surface area contributed by atoms with E-state index in [9.17, 15) is 12.6 Å². The fraction of sp³-hybridized carbons (Fsp3) is 0.368. The summed E-state index contributed by atoms with van der Waals surface area (Å²) in [6.45, 7) is 7.92. The first-order chi connectivity index (χ1) is 11.6. The second-order valence-electron chi connectivity index (χ2n) is 6.70. The minimum absolute atomic E-state index is 0.0685. The largest absolute Gasteiger partial charge is 0.290 e. The number of benzene rings is 2. The van der Waals surface area contributed by atoms with Gasteiger partial charge in [-0.1, -0.05) is 56.7 Å². The molecule has 136 valence electrons. The van der Waals surface area contributed by atoms with E-state index >= 15 is 0 Å². The van der Waals surface area contributed by atoms with Crippen LogP contribution in [0.4, 0.5) is 0 Å². The van der Waals surface area contributed by atoms with Crippen molar-refractivity contribution in [3.05, 3.63) is 60.2 Å². The lowest BCUT2D eigenvalue weighted by Gasteiger charge is -2.18. The highest BCUT2D eigenvalue weighted by atomic mass is 32.3. The normalized spacial score (nSPS) is 15.6. The molecule has 2 rings (SSSR count). The van der Waals surface area contributed by atoms with Gasteiger partial charge in [0.1, 0.15) is 0 Å². The summed E-state index contributed by atoms with van der Waals surface area (Å²) in [6.07, 6.45) is 0. The first-order valence-electron chi connectivity index (χ1n) is 8.27. The number of hydrogen-bond acceptors (Lipinski definition) is 3. The lowest BCUT2D eigenvalue weighted by molar-refractivity contribution is 0.459. The van der Waals surface area contributed by atoms with Crippen molar-refractivity contribution in [1.29, 1.82) is 0 Å². The summed E-state index contributed by atoms with van der Waals surface area (Å²) < 4.78 is 43.0. The molecule has 6 heteroatoms. The van der Waals surface area contributed by atoms with Crippen LogP contribution in [0.2, 0.25) is 0 Å². The maximum absolute atomic E-state index is 13.6. The van der Waals surface area contributed by atoms with Crippen LogP contribution in [0.1, 0.15) is 26.3 Å². The van der Waals surface area contributed by atoms with Gasteiger partial charge in [-0.05, 0) is 43.0 Å². The van der Waals surface area contributed by atoms with Crippen molar-refractivity contribution >= 4 is 19.8 Å². The van der Waals surface area contributed by atoms with Gasteiger partial charge in [-0.3, -0.25) is 0 Å². The molecule has 4 nitrogen and oxygen atoms in total. The van der Waals surface area contributed by atoms with Gasteiger partial charge < -0.3 is 0 Å². The summed E-state index contributed by atoms with van der Waals surface area (Å²) in [5.74, 6) is 0.561. The first-order valence-corrected chi connectivity index (χ1v) is 11.4. The minimum atomic E-state index is -4.00. The lowest BCUT2D eigenvalue weighted by atomic mass is 10.0. The van der Waals surface area contributed by atoms with Gasteiger partial charge in [0.25, 0.3) is 10.0 Å². The SMILES string of the molecule is Cc1ccc(S(=O)(=O)N=S(=O)(C[C@@H](C)C(C)C)c2ccccc2)cc1. The molecule has 2 aromatic rings. The van der Waals surface area contributed by atoms with Crippen molar-refractivity contribution in [2.24, 2.45) is 15.6 Å². The second-order valence-corrected chi connectivity index (χ2v) is 10.8. The molecule has 0 aliphatic carbocycles. The molecule has 0 aromatic heterocycles. The van der Waals surface area contributed by atoms with Crippen LogP contribution in [0.5, 0.6) is 0 Å². The molecular formula is C19H25NO3S2. The van der Waals surface area contributed by atoms with E-state index in [1.165, 1.54) is 12.1 Å². The number of nitrogens with zero attached hydrogens (tertiary/aromatic N) is 1. The minimum Gasteiger partial charge on any atom is -0.244 e. The molecule has 0 bridgehead atoms. The van der Waals surface area contributed by atoms with Crippen LogP contribution >= 0.6 is 0 Å². The Morgan fingerprint density at radius 2 is 1.40 bits per heavy atom. The average Bonchev–Trinajstić information content (AvgIpc) is 2.55. The molecule has 2 atom stereocenters. The number of rotatable bonds is 6. The summed E-state index contributed by atoms with van der Waals surface area (Å²) >= 11 is 0. The monoisotopic (exact) mass is 379 g/mol. The Balaban J connectivity index is 2.60. The molecule has 0 radical (unpaired) electrons. The highest BCUT2D eigenvalue weighted by molar-refractivity contribution is 8.03. The predicted octanol–water partition coefficient (Wildman–Crippen LogP) is 4.50. The predicted molar refractivity (Wildman–Crippen MR) is 103 cm³/mol. The Morgan fingerprint density at radius 3 is 1.92 bits per heavy atom. The van der Waals surface area contributed by atoms with Crippen LogP contribution < -0.4 is 0 Å². The van der Waals surface area contributed by atoms with Crippen molar-refractivity contribution < 1.29 is 12.6 Å². The van der Waals surface area contributed by atoms with Gasteiger partial charge in [0.05, 0.1) is 14.6 Å². The maximum atomic E-state index is 13.6.